The van der Waals surface area contributed by atoms with Crippen molar-refractivity contribution < 1.29 is 19.2 Å². The summed E-state index contributed by atoms with van der Waals surface area (Å²) in [5.41, 5.74) is 0.643. The molecule has 1 aliphatic heterocycles. The Morgan fingerprint density at radius 2 is 2.28 bits per heavy atom. The van der Waals surface area contributed by atoms with Crippen molar-refractivity contribution in [2.45, 2.75) is 18.6 Å². The number of hydrogen-bond donors (Lipinski definition) is 2. The van der Waals surface area contributed by atoms with E-state index in [1.807, 2.05) is 0 Å². The van der Waals surface area contributed by atoms with Gasteiger partial charge in [-0.15, -0.1) is 0 Å². The van der Waals surface area contributed by atoms with E-state index < -0.39 is 16.1 Å². The summed E-state index contributed by atoms with van der Waals surface area (Å²) in [4.78, 5) is 38.7. The summed E-state index contributed by atoms with van der Waals surface area (Å²) >= 11 is 1.16. The van der Waals surface area contributed by atoms with E-state index in [2.05, 4.69) is 15.6 Å². The van der Waals surface area contributed by atoms with Crippen molar-refractivity contribution in [2.75, 3.05) is 25.6 Å². The van der Waals surface area contributed by atoms with Crippen LogP contribution in [-0.2, 0) is 14.3 Å². The van der Waals surface area contributed by atoms with E-state index in [-0.39, 0.29) is 23.7 Å². The zero-order chi connectivity index (χ0) is 18.4. The predicted octanol–water partition coefficient (Wildman–Crippen LogP) is 1.47. The van der Waals surface area contributed by atoms with Crippen LogP contribution in [0.4, 0.5) is 11.4 Å². The van der Waals surface area contributed by atoms with Crippen LogP contribution in [0.15, 0.2) is 23.2 Å². The first-order valence-corrected chi connectivity index (χ1v) is 8.34. The lowest BCUT2D eigenvalue weighted by Gasteiger charge is -2.08. The average Bonchev–Trinajstić information content (AvgIpc) is 2.89. The Kier molecular flexibility index (Phi) is 6.48. The van der Waals surface area contributed by atoms with Gasteiger partial charge in [-0.1, -0.05) is 17.8 Å². The van der Waals surface area contributed by atoms with Gasteiger partial charge in [0.05, 0.1) is 18.1 Å². The second-order valence-corrected chi connectivity index (χ2v) is 6.50. The molecule has 1 aromatic rings. The molecule has 2 amide bonds. The number of hydrogen-bond acceptors (Lipinski definition) is 7. The van der Waals surface area contributed by atoms with Gasteiger partial charge in [-0.25, -0.2) is 0 Å². The van der Waals surface area contributed by atoms with Crippen LogP contribution in [0.3, 0.4) is 0 Å². The molecule has 0 saturated carbocycles. The molecule has 0 bridgehead atoms. The van der Waals surface area contributed by atoms with E-state index in [0.717, 1.165) is 11.8 Å². The van der Waals surface area contributed by atoms with Gasteiger partial charge in [0.1, 0.15) is 10.9 Å². The van der Waals surface area contributed by atoms with Gasteiger partial charge in [-0.2, -0.15) is 0 Å². The summed E-state index contributed by atoms with van der Waals surface area (Å²) in [7, 11) is 1.55. The highest BCUT2D eigenvalue weighted by Crippen LogP contribution is 2.27. The minimum atomic E-state index is -0.620. The van der Waals surface area contributed by atoms with Crippen LogP contribution in [0.5, 0.6) is 0 Å². The number of nitrogens with one attached hydrogen (secondary N) is 2. The molecule has 2 rings (SSSR count). The number of aryl methyl sites for hydroxylation is 1. The van der Waals surface area contributed by atoms with E-state index in [9.17, 15) is 19.7 Å². The fourth-order valence-corrected chi connectivity index (χ4v) is 3.12. The molecule has 0 radical (unpaired) electrons. The van der Waals surface area contributed by atoms with Gasteiger partial charge in [-0.3, -0.25) is 24.7 Å². The third-order valence-electron chi connectivity index (χ3n) is 3.32. The molecule has 1 atom stereocenters. The second-order valence-electron chi connectivity index (χ2n) is 5.31. The normalized spacial score (nSPS) is 18.2. The fourth-order valence-electron chi connectivity index (χ4n) is 2.12. The number of nitro benzene ring substituents is 1. The number of carbonyl (C=O) groups is 2. The average molecular weight is 366 g/mol. The lowest BCUT2D eigenvalue weighted by Crippen LogP contribution is -2.28. The van der Waals surface area contributed by atoms with Crippen molar-refractivity contribution in [3.05, 3.63) is 33.9 Å². The molecule has 0 unspecified atom stereocenters. The first kappa shape index (κ1) is 18.9. The molecular weight excluding hydrogens is 348 g/mol. The molecule has 1 saturated heterocycles. The third-order valence-corrected chi connectivity index (χ3v) is 4.44. The first-order valence-electron chi connectivity index (χ1n) is 7.46. The highest BCUT2D eigenvalue weighted by atomic mass is 32.2. The fraction of sp³-hybridized carbons (Fsp3) is 0.400. The summed E-state index contributed by atoms with van der Waals surface area (Å²) < 4.78 is 4.88. The molecule has 2 N–H and O–H groups in total. The summed E-state index contributed by atoms with van der Waals surface area (Å²) in [6, 6.07) is 4.53. The lowest BCUT2D eigenvalue weighted by atomic mass is 10.2. The van der Waals surface area contributed by atoms with Gasteiger partial charge in [0.2, 0.25) is 11.8 Å². The van der Waals surface area contributed by atoms with E-state index in [1.54, 1.807) is 20.1 Å². The van der Waals surface area contributed by atoms with Crippen molar-refractivity contribution >= 4 is 40.1 Å². The zero-order valence-electron chi connectivity index (χ0n) is 13.8. The highest BCUT2D eigenvalue weighted by Gasteiger charge is 2.32. The van der Waals surface area contributed by atoms with Gasteiger partial charge in [-0.05, 0) is 18.6 Å². The van der Waals surface area contributed by atoms with Gasteiger partial charge >= 0.3 is 0 Å². The van der Waals surface area contributed by atoms with E-state index in [0.29, 0.717) is 23.9 Å². The molecule has 9 nitrogen and oxygen atoms in total. The van der Waals surface area contributed by atoms with E-state index in [4.69, 9.17) is 4.74 Å². The second kappa shape index (κ2) is 8.58. The summed E-state index contributed by atoms with van der Waals surface area (Å²) in [6.07, 6.45) is -0.106. The SMILES string of the molecule is COCCN=C1NC(=O)[C@@H](CC(=O)Nc2ccc(C)cc2[N+](=O)[O-])S1. The lowest BCUT2D eigenvalue weighted by molar-refractivity contribution is -0.384. The maximum atomic E-state index is 12.2. The van der Waals surface area contributed by atoms with Crippen molar-refractivity contribution in [3.63, 3.8) is 0 Å². The summed E-state index contributed by atoms with van der Waals surface area (Å²) in [5.74, 6) is -0.785. The minimum Gasteiger partial charge on any atom is -0.383 e. The number of amides is 2. The number of ether oxygens (including phenoxy) is 1. The van der Waals surface area contributed by atoms with Crippen molar-refractivity contribution in [1.29, 1.82) is 0 Å². The maximum Gasteiger partial charge on any atom is 0.293 e. The monoisotopic (exact) mass is 366 g/mol. The third kappa shape index (κ3) is 5.26. The van der Waals surface area contributed by atoms with Crippen LogP contribution in [-0.4, -0.2) is 47.4 Å². The standard InChI is InChI=1S/C15H18N4O5S/c1-9-3-4-10(11(7-9)19(22)23)17-13(20)8-12-14(21)18-15(25-12)16-5-6-24-2/h3-4,7,12H,5-6,8H2,1-2H3,(H,17,20)(H,16,18,21)/t12-/m1/s1. The van der Waals surface area contributed by atoms with Crippen LogP contribution in [0, 0.1) is 17.0 Å². The van der Waals surface area contributed by atoms with Gasteiger partial charge < -0.3 is 15.4 Å². The Balaban J connectivity index is 1.98. The maximum absolute atomic E-state index is 12.2. The van der Waals surface area contributed by atoms with Crippen molar-refractivity contribution in [3.8, 4) is 0 Å². The highest BCUT2D eigenvalue weighted by molar-refractivity contribution is 8.15. The Labute approximate surface area is 148 Å². The molecule has 1 aromatic carbocycles. The molecule has 1 fully saturated rings. The van der Waals surface area contributed by atoms with Crippen LogP contribution < -0.4 is 10.6 Å². The number of aliphatic imine (C=N–C) groups is 1. The molecule has 0 spiro atoms. The number of benzene rings is 1. The smallest absolute Gasteiger partial charge is 0.293 e. The number of carbonyl (C=O) groups excluding carboxylic acids is 2. The molecule has 0 aromatic heterocycles. The summed E-state index contributed by atoms with van der Waals surface area (Å²) in [6.45, 7) is 2.57. The number of rotatable bonds is 7. The number of nitro groups is 1. The zero-order valence-corrected chi connectivity index (χ0v) is 14.6. The molecule has 25 heavy (non-hydrogen) atoms. The first-order chi connectivity index (χ1) is 11.9. The largest absolute Gasteiger partial charge is 0.383 e. The quantitative estimate of drug-likeness (QED) is 0.428. The van der Waals surface area contributed by atoms with Gasteiger partial charge in [0, 0.05) is 19.6 Å². The van der Waals surface area contributed by atoms with E-state index in [1.165, 1.54) is 12.1 Å². The molecule has 0 aliphatic carbocycles. The van der Waals surface area contributed by atoms with Crippen LogP contribution in [0.25, 0.3) is 0 Å². The predicted molar refractivity (Wildman–Crippen MR) is 94.8 cm³/mol. The van der Waals surface area contributed by atoms with Gasteiger partial charge in [0.25, 0.3) is 5.69 Å². The summed E-state index contributed by atoms with van der Waals surface area (Å²) in [5, 5.41) is 16.0. The topological polar surface area (TPSA) is 123 Å². The van der Waals surface area contributed by atoms with Crippen molar-refractivity contribution in [2.24, 2.45) is 4.99 Å². The number of methoxy groups -OCH3 is 1. The van der Waals surface area contributed by atoms with Crippen LogP contribution in [0.2, 0.25) is 0 Å². The molecule has 1 aliphatic rings. The number of nitrogens with zero attached hydrogens (tertiary/aromatic N) is 2. The van der Waals surface area contributed by atoms with E-state index >= 15 is 0 Å². The van der Waals surface area contributed by atoms with Crippen LogP contribution >= 0.6 is 11.8 Å². The molecule has 10 heteroatoms. The molecule has 1 heterocycles. The molecule has 134 valence electrons. The Morgan fingerprint density at radius 3 is 2.96 bits per heavy atom. The number of thioether (sulfide) groups is 1. The Morgan fingerprint density at radius 1 is 1.52 bits per heavy atom. The van der Waals surface area contributed by atoms with Crippen molar-refractivity contribution in [1.82, 2.24) is 5.32 Å². The number of amidine groups is 1. The number of anilines is 1. The van der Waals surface area contributed by atoms with Gasteiger partial charge in [0.15, 0.2) is 5.17 Å². The Bertz CT molecular complexity index is 722. The molecular formula is C15H18N4O5S. The van der Waals surface area contributed by atoms with Crippen LogP contribution in [0.1, 0.15) is 12.0 Å². The minimum absolute atomic E-state index is 0.106. The Hall–Kier alpha value is -2.46.